The molecule has 0 saturated heterocycles. The van der Waals surface area contributed by atoms with Gasteiger partial charge in [0, 0.05) is 10.5 Å². The van der Waals surface area contributed by atoms with Gasteiger partial charge in [-0.25, -0.2) is 4.39 Å². The van der Waals surface area contributed by atoms with Crippen LogP contribution in [0.25, 0.3) is 0 Å². The lowest BCUT2D eigenvalue weighted by molar-refractivity contribution is 0.603. The molecule has 0 amide bonds. The number of hydrogen-bond acceptors (Lipinski definition) is 1. The van der Waals surface area contributed by atoms with E-state index in [0.29, 0.717) is 0 Å². The largest absolute Gasteiger partial charge is 0.324 e. The Labute approximate surface area is 121 Å². The van der Waals surface area contributed by atoms with Crippen molar-refractivity contribution in [3.63, 3.8) is 0 Å². The van der Waals surface area contributed by atoms with Gasteiger partial charge in [-0.05, 0) is 48.6 Å². The maximum Gasteiger partial charge on any atom is 0.123 e. The van der Waals surface area contributed by atoms with Crippen molar-refractivity contribution >= 4 is 15.9 Å². The molecule has 0 aliphatic heterocycles. The third-order valence-electron chi connectivity index (χ3n) is 3.20. The maximum absolute atomic E-state index is 13.2. The summed E-state index contributed by atoms with van der Waals surface area (Å²) in [5, 5.41) is 0. The lowest BCUT2D eigenvalue weighted by atomic mass is 10.00. The second kappa shape index (κ2) is 6.83. The molecule has 2 aromatic rings. The maximum atomic E-state index is 13.2. The van der Waals surface area contributed by atoms with Gasteiger partial charge in [-0.3, -0.25) is 0 Å². The highest BCUT2D eigenvalue weighted by molar-refractivity contribution is 9.10. The molecule has 3 heteroatoms. The molecule has 19 heavy (non-hydrogen) atoms. The number of nitrogens with two attached hydrogens (primary N) is 1. The zero-order chi connectivity index (χ0) is 13.7. The minimum absolute atomic E-state index is 0.0496. The zero-order valence-electron chi connectivity index (χ0n) is 10.7. The van der Waals surface area contributed by atoms with Gasteiger partial charge in [-0.15, -0.1) is 0 Å². The summed E-state index contributed by atoms with van der Waals surface area (Å²) in [6.45, 7) is 0. The monoisotopic (exact) mass is 321 g/mol. The molecule has 2 rings (SSSR count). The van der Waals surface area contributed by atoms with Crippen molar-refractivity contribution in [3.8, 4) is 0 Å². The van der Waals surface area contributed by atoms with E-state index in [2.05, 4.69) is 15.9 Å². The highest BCUT2D eigenvalue weighted by Gasteiger charge is 2.07. The van der Waals surface area contributed by atoms with Crippen molar-refractivity contribution < 1.29 is 4.39 Å². The Kier molecular flexibility index (Phi) is 5.11. The van der Waals surface area contributed by atoms with Crippen molar-refractivity contribution in [2.24, 2.45) is 5.73 Å². The van der Waals surface area contributed by atoms with E-state index in [1.807, 2.05) is 30.3 Å². The van der Waals surface area contributed by atoms with Crippen LogP contribution in [-0.4, -0.2) is 0 Å². The number of hydrogen-bond donors (Lipinski definition) is 1. The van der Waals surface area contributed by atoms with Crippen LogP contribution in [0.2, 0.25) is 0 Å². The molecule has 2 N–H and O–H groups in total. The van der Waals surface area contributed by atoms with E-state index in [9.17, 15) is 4.39 Å². The molecule has 1 unspecified atom stereocenters. The van der Waals surface area contributed by atoms with E-state index < -0.39 is 0 Å². The fraction of sp³-hybridized carbons (Fsp3) is 0.250. The first-order valence-electron chi connectivity index (χ1n) is 6.41. The first kappa shape index (κ1) is 14.2. The van der Waals surface area contributed by atoms with E-state index in [1.54, 1.807) is 12.1 Å². The molecule has 2 aromatic carbocycles. The summed E-state index contributed by atoms with van der Waals surface area (Å²) in [4.78, 5) is 0. The van der Waals surface area contributed by atoms with Crippen molar-refractivity contribution in [3.05, 3.63) is 69.9 Å². The number of halogens is 2. The Morgan fingerprint density at radius 2 is 1.84 bits per heavy atom. The van der Waals surface area contributed by atoms with Gasteiger partial charge >= 0.3 is 0 Å². The first-order valence-corrected chi connectivity index (χ1v) is 7.20. The van der Waals surface area contributed by atoms with Crippen molar-refractivity contribution in [1.29, 1.82) is 0 Å². The topological polar surface area (TPSA) is 26.0 Å². The van der Waals surface area contributed by atoms with Gasteiger partial charge in [0.2, 0.25) is 0 Å². The number of rotatable bonds is 5. The Bertz CT molecular complexity index is 528. The average Bonchev–Trinajstić information content (AvgIpc) is 2.43. The molecule has 0 aliphatic carbocycles. The van der Waals surface area contributed by atoms with Crippen LogP contribution in [0.15, 0.2) is 53.0 Å². The normalized spacial score (nSPS) is 12.4. The van der Waals surface area contributed by atoms with E-state index >= 15 is 0 Å². The van der Waals surface area contributed by atoms with Crippen LogP contribution >= 0.6 is 15.9 Å². The van der Waals surface area contributed by atoms with Crippen molar-refractivity contribution in [2.75, 3.05) is 0 Å². The highest BCUT2D eigenvalue weighted by Crippen LogP contribution is 2.22. The summed E-state index contributed by atoms with van der Waals surface area (Å²) in [6, 6.07) is 14.9. The molecule has 0 radical (unpaired) electrons. The predicted molar refractivity (Wildman–Crippen MR) is 80.4 cm³/mol. The van der Waals surface area contributed by atoms with Crippen LogP contribution in [0.4, 0.5) is 4.39 Å². The van der Waals surface area contributed by atoms with Gasteiger partial charge in [0.1, 0.15) is 5.82 Å². The molecule has 0 fully saturated rings. The predicted octanol–water partition coefficient (Wildman–Crippen LogP) is 4.61. The van der Waals surface area contributed by atoms with E-state index in [1.165, 1.54) is 6.07 Å². The lowest BCUT2D eigenvalue weighted by Crippen LogP contribution is -2.10. The summed E-state index contributed by atoms with van der Waals surface area (Å²) >= 11 is 3.44. The molecule has 0 aliphatic rings. The third kappa shape index (κ3) is 4.15. The minimum Gasteiger partial charge on any atom is -0.324 e. The minimum atomic E-state index is -0.189. The summed E-state index contributed by atoms with van der Waals surface area (Å²) in [7, 11) is 0. The van der Waals surface area contributed by atoms with Crippen LogP contribution in [0, 0.1) is 5.82 Å². The molecule has 0 saturated carbocycles. The standard InChI is InChI=1S/C16H17BrFN/c17-15-10-9-14(18)11-13(15)7-4-8-16(19)12-5-2-1-3-6-12/h1-3,5-6,9-11,16H,4,7-8,19H2. The fourth-order valence-electron chi connectivity index (χ4n) is 2.11. The summed E-state index contributed by atoms with van der Waals surface area (Å²) in [6.07, 6.45) is 2.67. The number of benzene rings is 2. The van der Waals surface area contributed by atoms with E-state index in [-0.39, 0.29) is 11.9 Å². The molecular weight excluding hydrogens is 305 g/mol. The Morgan fingerprint density at radius 3 is 2.58 bits per heavy atom. The SMILES string of the molecule is NC(CCCc1cc(F)ccc1Br)c1ccccc1. The molecule has 0 heterocycles. The molecule has 0 spiro atoms. The smallest absolute Gasteiger partial charge is 0.123 e. The van der Waals surface area contributed by atoms with Crippen LogP contribution in [0.1, 0.15) is 30.0 Å². The van der Waals surface area contributed by atoms with Gasteiger partial charge in [0.25, 0.3) is 0 Å². The third-order valence-corrected chi connectivity index (χ3v) is 3.97. The lowest BCUT2D eigenvalue weighted by Gasteiger charge is -2.12. The van der Waals surface area contributed by atoms with Gasteiger partial charge in [0.15, 0.2) is 0 Å². The zero-order valence-corrected chi connectivity index (χ0v) is 12.2. The number of aryl methyl sites for hydroxylation is 1. The molecule has 0 aromatic heterocycles. The Morgan fingerprint density at radius 1 is 1.11 bits per heavy atom. The van der Waals surface area contributed by atoms with Crippen LogP contribution < -0.4 is 5.73 Å². The fourth-order valence-corrected chi connectivity index (χ4v) is 2.56. The van der Waals surface area contributed by atoms with Crippen LogP contribution in [-0.2, 0) is 6.42 Å². The second-order valence-electron chi connectivity index (χ2n) is 4.65. The molecule has 100 valence electrons. The molecule has 0 bridgehead atoms. The highest BCUT2D eigenvalue weighted by atomic mass is 79.9. The van der Waals surface area contributed by atoms with E-state index in [0.717, 1.165) is 34.9 Å². The van der Waals surface area contributed by atoms with E-state index in [4.69, 9.17) is 5.73 Å². The van der Waals surface area contributed by atoms with Gasteiger partial charge in [-0.2, -0.15) is 0 Å². The van der Waals surface area contributed by atoms with Crippen LogP contribution in [0.5, 0.6) is 0 Å². The van der Waals surface area contributed by atoms with Gasteiger partial charge in [0.05, 0.1) is 0 Å². The summed E-state index contributed by atoms with van der Waals surface area (Å²) < 4.78 is 14.1. The first-order chi connectivity index (χ1) is 9.16. The second-order valence-corrected chi connectivity index (χ2v) is 5.50. The molecular formula is C16H17BrFN. The Balaban J connectivity index is 1.88. The average molecular weight is 322 g/mol. The summed E-state index contributed by atoms with van der Waals surface area (Å²) in [5.74, 6) is -0.189. The van der Waals surface area contributed by atoms with Gasteiger partial charge < -0.3 is 5.73 Å². The molecule has 1 atom stereocenters. The van der Waals surface area contributed by atoms with Crippen molar-refractivity contribution in [1.82, 2.24) is 0 Å². The summed E-state index contributed by atoms with van der Waals surface area (Å²) in [5.41, 5.74) is 8.30. The van der Waals surface area contributed by atoms with Crippen LogP contribution in [0.3, 0.4) is 0 Å². The van der Waals surface area contributed by atoms with Gasteiger partial charge in [-0.1, -0.05) is 46.3 Å². The Hall–Kier alpha value is -1.19. The quantitative estimate of drug-likeness (QED) is 0.855. The van der Waals surface area contributed by atoms with Crippen molar-refractivity contribution in [2.45, 2.75) is 25.3 Å². The molecule has 1 nitrogen and oxygen atoms in total.